The van der Waals surface area contributed by atoms with Crippen LogP contribution in [0.2, 0.25) is 6.55 Å². The largest absolute Gasteiger partial charge is 4.00 e. The van der Waals surface area contributed by atoms with Crippen molar-refractivity contribution in [2.45, 2.75) is 19.4 Å². The number of hydrogen-bond acceptors (Lipinski definition) is 1. The summed E-state index contributed by atoms with van der Waals surface area (Å²) in [5.74, 6) is 0. The standard InChI is InChI=1S/C7H14NSi.2C5H5.2ClH.Ti/c1-4-6-8(9-3)7-5-2;2*1-2-4-5-3-1;;;/h4-5,9H,1-2,6-7H2,3H3;2*1-3H,4H2;2*1H;/q;2*-1;;;+4/p-2. The SMILES string of the molecule is C=CCN(CC=C)[SiH]C.[C-]1=CC=CC1.[C-]1=CC=CC1.[Cl-].[Cl-].[Ti+4]. The quantitative estimate of drug-likeness (QED) is 0.290. The Bertz CT molecular complexity index is 301. The molecule has 0 saturated carbocycles. The van der Waals surface area contributed by atoms with Gasteiger partial charge in [-0.2, -0.15) is 12.2 Å². The zero-order valence-corrected chi connectivity index (χ0v) is 17.4. The van der Waals surface area contributed by atoms with Crippen LogP contribution in [0.1, 0.15) is 12.8 Å². The molecule has 2 aliphatic rings. The molecule has 0 aromatic carbocycles. The molecule has 0 aromatic rings. The van der Waals surface area contributed by atoms with Crippen LogP contribution < -0.4 is 24.8 Å². The minimum atomic E-state index is 0. The van der Waals surface area contributed by atoms with E-state index in [1.54, 1.807) is 0 Å². The van der Waals surface area contributed by atoms with Gasteiger partial charge in [-0.3, -0.25) is 12.2 Å². The zero-order chi connectivity index (χ0) is 14.2. The average molecular weight is 389 g/mol. The first-order valence-electron chi connectivity index (χ1n) is 6.54. The van der Waals surface area contributed by atoms with E-state index in [0.29, 0.717) is 9.68 Å². The van der Waals surface area contributed by atoms with Gasteiger partial charge < -0.3 is 29.4 Å². The third-order valence-corrected chi connectivity index (χ3v) is 3.42. The van der Waals surface area contributed by atoms with Crippen LogP contribution in [0.15, 0.2) is 61.8 Å². The van der Waals surface area contributed by atoms with E-state index in [1.807, 2.05) is 36.5 Å². The molecule has 0 aromatic heterocycles. The van der Waals surface area contributed by atoms with E-state index in [0.717, 1.165) is 25.9 Å². The maximum absolute atomic E-state index is 3.67. The Morgan fingerprint density at radius 1 is 1.00 bits per heavy atom. The summed E-state index contributed by atoms with van der Waals surface area (Å²) >= 11 is 0. The van der Waals surface area contributed by atoms with E-state index in [-0.39, 0.29) is 46.5 Å². The van der Waals surface area contributed by atoms with Crippen LogP contribution >= 0.6 is 0 Å². The van der Waals surface area contributed by atoms with Crippen molar-refractivity contribution in [1.82, 2.24) is 4.57 Å². The van der Waals surface area contributed by atoms with Gasteiger partial charge in [-0.05, 0) is 0 Å². The minimum Gasteiger partial charge on any atom is -1.00 e. The Balaban J connectivity index is -0.000000108. The molecular formula is C17H24Cl2NSiTi. The number of nitrogens with zero attached hydrogens (tertiary/aromatic N) is 1. The van der Waals surface area contributed by atoms with Crippen molar-refractivity contribution >= 4 is 9.68 Å². The summed E-state index contributed by atoms with van der Waals surface area (Å²) in [6.45, 7) is 11.5. The molecule has 0 fully saturated rings. The molecule has 0 saturated heterocycles. The van der Waals surface area contributed by atoms with E-state index in [4.69, 9.17) is 0 Å². The second-order valence-electron chi connectivity index (χ2n) is 3.80. The van der Waals surface area contributed by atoms with Crippen LogP contribution in [0.4, 0.5) is 0 Å². The maximum atomic E-state index is 3.67. The summed E-state index contributed by atoms with van der Waals surface area (Å²) in [6, 6.07) is 0. The molecule has 5 heteroatoms. The van der Waals surface area contributed by atoms with Gasteiger partial charge in [-0.15, -0.1) is 26.0 Å². The number of allylic oxidation sites excluding steroid dienone is 8. The van der Waals surface area contributed by atoms with Gasteiger partial charge in [0.2, 0.25) is 0 Å². The fourth-order valence-corrected chi connectivity index (χ4v) is 2.02. The predicted molar refractivity (Wildman–Crippen MR) is 88.1 cm³/mol. The third kappa shape index (κ3) is 22.2. The molecule has 0 spiro atoms. The van der Waals surface area contributed by atoms with E-state index < -0.39 is 0 Å². The number of hydrogen-bond donors (Lipinski definition) is 0. The van der Waals surface area contributed by atoms with Crippen molar-refractivity contribution in [3.63, 3.8) is 0 Å². The van der Waals surface area contributed by atoms with Crippen molar-refractivity contribution in [2.75, 3.05) is 13.1 Å². The molecule has 0 atom stereocenters. The van der Waals surface area contributed by atoms with Crippen molar-refractivity contribution in [3.05, 3.63) is 73.9 Å². The van der Waals surface area contributed by atoms with Crippen LogP contribution in [0.3, 0.4) is 0 Å². The molecule has 0 heterocycles. The van der Waals surface area contributed by atoms with Gasteiger partial charge in [0.1, 0.15) is 9.68 Å². The second kappa shape index (κ2) is 25.8. The average Bonchev–Trinajstić information content (AvgIpc) is 3.15. The summed E-state index contributed by atoms with van der Waals surface area (Å²) in [5.41, 5.74) is 0. The molecule has 2 rings (SSSR count). The van der Waals surface area contributed by atoms with Gasteiger partial charge in [-0.25, -0.2) is 24.3 Å². The first-order chi connectivity index (χ1) is 9.35. The van der Waals surface area contributed by atoms with Crippen LogP contribution in [0, 0.1) is 12.2 Å². The Morgan fingerprint density at radius 2 is 1.41 bits per heavy atom. The van der Waals surface area contributed by atoms with Gasteiger partial charge in [-0.1, -0.05) is 18.7 Å². The predicted octanol–water partition coefficient (Wildman–Crippen LogP) is -2.32. The minimum absolute atomic E-state index is 0. The van der Waals surface area contributed by atoms with Gasteiger partial charge in [0, 0.05) is 13.1 Å². The molecule has 0 N–H and O–H groups in total. The smallest absolute Gasteiger partial charge is 1.00 e. The van der Waals surface area contributed by atoms with E-state index in [2.05, 4.69) is 48.6 Å². The topological polar surface area (TPSA) is 3.24 Å². The van der Waals surface area contributed by atoms with Crippen LogP contribution in [-0.2, 0) is 21.7 Å². The van der Waals surface area contributed by atoms with Gasteiger partial charge in [0.25, 0.3) is 0 Å². The third-order valence-electron chi connectivity index (χ3n) is 2.26. The molecule has 0 unspecified atom stereocenters. The summed E-state index contributed by atoms with van der Waals surface area (Å²) in [6.07, 6.45) is 23.9. The van der Waals surface area contributed by atoms with E-state index in [9.17, 15) is 0 Å². The fourth-order valence-electron chi connectivity index (χ4n) is 1.30. The van der Waals surface area contributed by atoms with E-state index >= 15 is 0 Å². The van der Waals surface area contributed by atoms with Gasteiger partial charge in [0.05, 0.1) is 0 Å². The number of halogens is 2. The normalized spacial score (nSPS) is 11.9. The zero-order valence-electron chi connectivity index (χ0n) is 13.1. The molecule has 22 heavy (non-hydrogen) atoms. The Morgan fingerprint density at radius 3 is 1.55 bits per heavy atom. The van der Waals surface area contributed by atoms with Crippen molar-refractivity contribution in [3.8, 4) is 0 Å². The fraction of sp³-hybridized carbons (Fsp3) is 0.294. The summed E-state index contributed by atoms with van der Waals surface area (Å²) in [4.78, 5) is 0. The molecule has 0 amide bonds. The van der Waals surface area contributed by atoms with E-state index in [1.165, 1.54) is 0 Å². The van der Waals surface area contributed by atoms with Crippen LogP contribution in [-0.4, -0.2) is 27.3 Å². The molecule has 2 aliphatic carbocycles. The van der Waals surface area contributed by atoms with Crippen molar-refractivity contribution < 1.29 is 46.5 Å². The Kier molecular flexibility index (Phi) is 35.1. The monoisotopic (exact) mass is 388 g/mol. The molecule has 1 nitrogen and oxygen atoms in total. The summed E-state index contributed by atoms with van der Waals surface area (Å²) in [5, 5.41) is 0. The molecule has 119 valence electrons. The van der Waals surface area contributed by atoms with Crippen molar-refractivity contribution in [1.29, 1.82) is 0 Å². The Labute approximate surface area is 166 Å². The van der Waals surface area contributed by atoms with Crippen LogP contribution in [0.5, 0.6) is 0 Å². The first kappa shape index (κ1) is 29.9. The van der Waals surface area contributed by atoms with Crippen molar-refractivity contribution in [2.24, 2.45) is 0 Å². The first-order valence-corrected chi connectivity index (χ1v) is 8.21. The molecular weight excluding hydrogens is 365 g/mol. The molecule has 0 aliphatic heterocycles. The van der Waals surface area contributed by atoms with Gasteiger partial charge >= 0.3 is 21.7 Å². The summed E-state index contributed by atoms with van der Waals surface area (Å²) in [7, 11) is 0.425. The van der Waals surface area contributed by atoms with Gasteiger partial charge in [0.15, 0.2) is 0 Å². The maximum Gasteiger partial charge on any atom is 4.00 e. The molecule has 1 radical (unpaired) electrons. The molecule has 0 bridgehead atoms. The summed E-state index contributed by atoms with van der Waals surface area (Å²) < 4.78 is 2.33. The van der Waals surface area contributed by atoms with Crippen LogP contribution in [0.25, 0.3) is 0 Å². The second-order valence-corrected chi connectivity index (χ2v) is 5.04. The Hall–Kier alpha value is -0.0888. The number of rotatable bonds is 5.